The normalized spacial score (nSPS) is 15.8. The van der Waals surface area contributed by atoms with E-state index in [2.05, 4.69) is 49.3 Å². The number of carbonyl (C=O) groups excluding carboxylic acids is 2. The number of pyridine rings is 1. The van der Waals surface area contributed by atoms with Crippen molar-refractivity contribution in [1.82, 2.24) is 15.2 Å². The SMILES string of the molecule is CC.CC(C)c1cc2c(C(=O)NCC(=O)N3CCCC3C)ccnc2c2ccccc12. The van der Waals surface area contributed by atoms with Gasteiger partial charge in [0.25, 0.3) is 5.91 Å². The van der Waals surface area contributed by atoms with Crippen LogP contribution in [0.2, 0.25) is 0 Å². The van der Waals surface area contributed by atoms with Crippen molar-refractivity contribution in [2.24, 2.45) is 0 Å². The third-order valence-corrected chi connectivity index (χ3v) is 5.92. The van der Waals surface area contributed by atoms with E-state index in [-0.39, 0.29) is 24.4 Å². The number of fused-ring (bicyclic) bond motifs is 3. The van der Waals surface area contributed by atoms with E-state index in [1.54, 1.807) is 12.3 Å². The number of amides is 2. The average molecular weight is 420 g/mol. The second kappa shape index (κ2) is 9.90. The number of hydrogen-bond acceptors (Lipinski definition) is 3. The first-order valence-electron chi connectivity index (χ1n) is 11.4. The van der Waals surface area contributed by atoms with Gasteiger partial charge in [-0.1, -0.05) is 52.0 Å². The average Bonchev–Trinajstić information content (AvgIpc) is 3.23. The standard InChI is InChI=1S/C24H27N3O2.C2H6/c1-15(2)20-13-21-19(10-11-25-23(21)18-9-5-4-8-17(18)20)24(29)26-14-22(28)27-12-6-7-16(27)3;1-2/h4-5,8-11,13,15-16H,6-7,12,14H2,1-3H3,(H,26,29);1-2H3. The lowest BCUT2D eigenvalue weighted by molar-refractivity contribution is -0.130. The van der Waals surface area contributed by atoms with E-state index in [4.69, 9.17) is 0 Å². The Labute approximate surface area is 184 Å². The maximum absolute atomic E-state index is 13.0. The smallest absolute Gasteiger partial charge is 0.252 e. The minimum absolute atomic E-state index is 0.0185. The molecule has 0 aliphatic carbocycles. The lowest BCUT2D eigenvalue weighted by atomic mass is 9.92. The summed E-state index contributed by atoms with van der Waals surface area (Å²) in [5, 5.41) is 5.87. The van der Waals surface area contributed by atoms with E-state index in [9.17, 15) is 9.59 Å². The Kier molecular flexibility index (Phi) is 7.26. The van der Waals surface area contributed by atoms with Crippen LogP contribution in [0.3, 0.4) is 0 Å². The first-order chi connectivity index (χ1) is 15.0. The molecule has 1 aromatic heterocycles. The van der Waals surface area contributed by atoms with Crippen LogP contribution in [-0.2, 0) is 4.79 Å². The summed E-state index contributed by atoms with van der Waals surface area (Å²) in [6.45, 7) is 11.2. The molecule has 1 N–H and O–H groups in total. The maximum atomic E-state index is 13.0. The molecule has 0 spiro atoms. The van der Waals surface area contributed by atoms with Crippen molar-refractivity contribution in [3.63, 3.8) is 0 Å². The van der Waals surface area contributed by atoms with Gasteiger partial charge >= 0.3 is 0 Å². The zero-order chi connectivity index (χ0) is 22.5. The van der Waals surface area contributed by atoms with Gasteiger partial charge in [-0.3, -0.25) is 14.6 Å². The highest BCUT2D eigenvalue weighted by atomic mass is 16.2. The number of benzene rings is 2. The zero-order valence-electron chi connectivity index (χ0n) is 19.2. The van der Waals surface area contributed by atoms with Gasteiger partial charge in [-0.25, -0.2) is 0 Å². The zero-order valence-corrected chi connectivity index (χ0v) is 19.2. The van der Waals surface area contributed by atoms with Crippen LogP contribution in [0.5, 0.6) is 0 Å². The van der Waals surface area contributed by atoms with Gasteiger partial charge in [-0.15, -0.1) is 0 Å². The summed E-state index contributed by atoms with van der Waals surface area (Å²) in [4.78, 5) is 31.9. The number of rotatable bonds is 4. The maximum Gasteiger partial charge on any atom is 0.252 e. The van der Waals surface area contributed by atoms with Gasteiger partial charge in [0.15, 0.2) is 0 Å². The number of carbonyl (C=O) groups is 2. The van der Waals surface area contributed by atoms with Gasteiger partial charge in [0.2, 0.25) is 5.91 Å². The van der Waals surface area contributed by atoms with Gasteiger partial charge in [0.05, 0.1) is 17.6 Å². The first kappa shape index (κ1) is 22.7. The van der Waals surface area contributed by atoms with Crippen molar-refractivity contribution in [2.75, 3.05) is 13.1 Å². The Balaban J connectivity index is 0.00000132. The molecule has 2 amide bonds. The van der Waals surface area contributed by atoms with Crippen molar-refractivity contribution in [3.8, 4) is 0 Å². The molecule has 1 unspecified atom stereocenters. The molecule has 1 atom stereocenters. The van der Waals surface area contributed by atoms with Gasteiger partial charge in [0.1, 0.15) is 0 Å². The fraction of sp³-hybridized carbons (Fsp3) is 0.423. The number of nitrogens with zero attached hydrogens (tertiary/aromatic N) is 2. The molecule has 1 fully saturated rings. The van der Waals surface area contributed by atoms with Crippen LogP contribution in [0.4, 0.5) is 0 Å². The molecule has 1 aliphatic rings. The van der Waals surface area contributed by atoms with E-state index in [0.717, 1.165) is 35.7 Å². The van der Waals surface area contributed by atoms with Crippen molar-refractivity contribution < 1.29 is 9.59 Å². The molecule has 5 heteroatoms. The molecule has 0 saturated carbocycles. The summed E-state index contributed by atoms with van der Waals surface area (Å²) in [6, 6.07) is 12.2. The van der Waals surface area contributed by atoms with Crippen LogP contribution < -0.4 is 5.32 Å². The predicted molar refractivity (Wildman–Crippen MR) is 127 cm³/mol. The highest BCUT2D eigenvalue weighted by Crippen LogP contribution is 2.33. The van der Waals surface area contributed by atoms with Gasteiger partial charge in [-0.2, -0.15) is 0 Å². The number of aromatic nitrogens is 1. The van der Waals surface area contributed by atoms with Crippen molar-refractivity contribution in [3.05, 3.63) is 53.7 Å². The van der Waals surface area contributed by atoms with E-state index in [0.29, 0.717) is 11.5 Å². The number of hydrogen-bond donors (Lipinski definition) is 1. The summed E-state index contributed by atoms with van der Waals surface area (Å²) in [6.07, 6.45) is 3.73. The fourth-order valence-corrected chi connectivity index (χ4v) is 4.34. The molecule has 2 aromatic carbocycles. The summed E-state index contributed by atoms with van der Waals surface area (Å²) >= 11 is 0. The molecule has 4 rings (SSSR count). The topological polar surface area (TPSA) is 62.3 Å². The fourth-order valence-electron chi connectivity index (χ4n) is 4.34. The second-order valence-corrected chi connectivity index (χ2v) is 8.18. The molecule has 164 valence electrons. The predicted octanol–water partition coefficient (Wildman–Crippen LogP) is 5.28. The van der Waals surface area contributed by atoms with Crippen LogP contribution in [0.1, 0.15) is 69.3 Å². The van der Waals surface area contributed by atoms with Crippen LogP contribution in [-0.4, -0.2) is 40.8 Å². The summed E-state index contributed by atoms with van der Waals surface area (Å²) in [5.41, 5.74) is 2.57. The largest absolute Gasteiger partial charge is 0.343 e. The lowest BCUT2D eigenvalue weighted by Gasteiger charge is -2.21. The Bertz CT molecular complexity index is 1090. The number of nitrogens with one attached hydrogen (secondary N) is 1. The van der Waals surface area contributed by atoms with Gasteiger partial charge < -0.3 is 10.2 Å². The Hall–Kier alpha value is -2.95. The van der Waals surface area contributed by atoms with Gasteiger partial charge in [0, 0.05) is 29.6 Å². The van der Waals surface area contributed by atoms with Crippen LogP contribution in [0, 0.1) is 0 Å². The third-order valence-electron chi connectivity index (χ3n) is 5.92. The summed E-state index contributed by atoms with van der Waals surface area (Å²) in [7, 11) is 0. The first-order valence-corrected chi connectivity index (χ1v) is 11.4. The Morgan fingerprint density at radius 3 is 2.48 bits per heavy atom. The van der Waals surface area contributed by atoms with Crippen molar-refractivity contribution in [1.29, 1.82) is 0 Å². The minimum atomic E-state index is -0.234. The highest BCUT2D eigenvalue weighted by molar-refractivity contribution is 6.14. The van der Waals surface area contributed by atoms with E-state index in [1.807, 2.05) is 30.9 Å². The monoisotopic (exact) mass is 419 g/mol. The second-order valence-electron chi connectivity index (χ2n) is 8.18. The minimum Gasteiger partial charge on any atom is -0.343 e. The summed E-state index contributed by atoms with van der Waals surface area (Å²) in [5.74, 6) is 0.0660. The van der Waals surface area contributed by atoms with Crippen LogP contribution in [0.15, 0.2) is 42.6 Å². The van der Waals surface area contributed by atoms with Crippen LogP contribution >= 0.6 is 0 Å². The van der Waals surface area contributed by atoms with Crippen LogP contribution in [0.25, 0.3) is 21.7 Å². The molecule has 1 aliphatic heterocycles. The molecule has 0 radical (unpaired) electrons. The molecular formula is C26H33N3O2. The molecule has 5 nitrogen and oxygen atoms in total. The van der Waals surface area contributed by atoms with Gasteiger partial charge in [-0.05, 0) is 48.8 Å². The van der Waals surface area contributed by atoms with E-state index < -0.39 is 0 Å². The third kappa shape index (κ3) is 4.55. The Morgan fingerprint density at radius 1 is 1.13 bits per heavy atom. The highest BCUT2D eigenvalue weighted by Gasteiger charge is 2.25. The van der Waals surface area contributed by atoms with E-state index in [1.165, 1.54) is 10.9 Å². The molecule has 0 bridgehead atoms. The van der Waals surface area contributed by atoms with Crippen molar-refractivity contribution >= 4 is 33.5 Å². The lowest BCUT2D eigenvalue weighted by Crippen LogP contribution is -2.41. The quantitative estimate of drug-likeness (QED) is 0.585. The van der Waals surface area contributed by atoms with E-state index >= 15 is 0 Å². The van der Waals surface area contributed by atoms with Crippen molar-refractivity contribution in [2.45, 2.75) is 59.4 Å². The number of likely N-dealkylation sites (tertiary alicyclic amines) is 1. The molecule has 3 aromatic rings. The molecule has 1 saturated heterocycles. The Morgan fingerprint density at radius 2 is 1.84 bits per heavy atom. The summed E-state index contributed by atoms with van der Waals surface area (Å²) < 4.78 is 0. The molecule has 2 heterocycles. The molecule has 31 heavy (non-hydrogen) atoms. The molecular weight excluding hydrogens is 386 g/mol.